The lowest BCUT2D eigenvalue weighted by Gasteiger charge is -2.23. The van der Waals surface area contributed by atoms with Crippen LogP contribution in [0.5, 0.6) is 0 Å². The van der Waals surface area contributed by atoms with Crippen molar-refractivity contribution in [2.24, 2.45) is 0 Å². The molecule has 3 nitrogen and oxygen atoms in total. The van der Waals surface area contributed by atoms with E-state index in [-0.39, 0.29) is 11.9 Å². The lowest BCUT2D eigenvalue weighted by atomic mass is 10.1. The van der Waals surface area contributed by atoms with Gasteiger partial charge in [0.2, 0.25) is 0 Å². The van der Waals surface area contributed by atoms with Crippen molar-refractivity contribution in [1.82, 2.24) is 4.98 Å². The molecule has 0 radical (unpaired) electrons. The van der Waals surface area contributed by atoms with Gasteiger partial charge in [0.15, 0.2) is 0 Å². The van der Waals surface area contributed by atoms with Crippen molar-refractivity contribution >= 4 is 22.5 Å². The summed E-state index contributed by atoms with van der Waals surface area (Å²) in [5, 5.41) is 0.909. The number of rotatable bonds is 1. The molecule has 22 heavy (non-hydrogen) atoms. The molecule has 0 bridgehead atoms. The van der Waals surface area contributed by atoms with E-state index in [1.807, 2.05) is 53.4 Å². The maximum Gasteiger partial charge on any atom is 0.259 e. The van der Waals surface area contributed by atoms with Gasteiger partial charge < -0.3 is 4.90 Å². The van der Waals surface area contributed by atoms with Crippen molar-refractivity contribution in [1.29, 1.82) is 0 Å². The molecular formula is C19H16N2O. The van der Waals surface area contributed by atoms with Crippen LogP contribution in [0.2, 0.25) is 0 Å². The van der Waals surface area contributed by atoms with Gasteiger partial charge in [-0.3, -0.25) is 9.78 Å². The second kappa shape index (κ2) is 4.95. The van der Waals surface area contributed by atoms with E-state index in [9.17, 15) is 4.79 Å². The molecule has 4 rings (SSSR count). The maximum absolute atomic E-state index is 13.1. The summed E-state index contributed by atoms with van der Waals surface area (Å²) in [6.07, 6.45) is 2.62. The predicted molar refractivity (Wildman–Crippen MR) is 88.2 cm³/mol. The van der Waals surface area contributed by atoms with E-state index < -0.39 is 0 Å². The number of fused-ring (bicyclic) bond motifs is 2. The molecule has 0 fully saturated rings. The van der Waals surface area contributed by atoms with Gasteiger partial charge in [-0.25, -0.2) is 0 Å². The molecule has 0 aliphatic carbocycles. The van der Waals surface area contributed by atoms with Gasteiger partial charge in [0.05, 0.1) is 11.1 Å². The summed E-state index contributed by atoms with van der Waals surface area (Å²) in [6.45, 7) is 2.10. The van der Waals surface area contributed by atoms with Crippen LogP contribution < -0.4 is 4.90 Å². The van der Waals surface area contributed by atoms with Crippen LogP contribution >= 0.6 is 0 Å². The number of anilines is 1. The smallest absolute Gasteiger partial charge is 0.259 e. The monoisotopic (exact) mass is 288 g/mol. The minimum Gasteiger partial charge on any atom is -0.305 e. The molecule has 2 aromatic carbocycles. The first-order chi connectivity index (χ1) is 10.8. The molecule has 1 unspecified atom stereocenters. The third kappa shape index (κ3) is 1.90. The van der Waals surface area contributed by atoms with Gasteiger partial charge in [0.25, 0.3) is 5.91 Å². The van der Waals surface area contributed by atoms with Crippen LogP contribution in [0.4, 0.5) is 5.69 Å². The summed E-state index contributed by atoms with van der Waals surface area (Å²) < 4.78 is 0. The Morgan fingerprint density at radius 2 is 1.86 bits per heavy atom. The van der Waals surface area contributed by atoms with Gasteiger partial charge in [0.1, 0.15) is 0 Å². The standard InChI is InChI=1S/C19H16N2O/c1-13-12-14-6-2-5-9-18(14)21(13)19(22)16-10-11-20-17-8-4-3-7-15(16)17/h2-11,13H,12H2,1H3. The van der Waals surface area contributed by atoms with E-state index in [1.165, 1.54) is 5.56 Å². The van der Waals surface area contributed by atoms with E-state index >= 15 is 0 Å². The highest BCUT2D eigenvalue weighted by Crippen LogP contribution is 2.33. The molecule has 1 aliphatic heterocycles. The quantitative estimate of drug-likeness (QED) is 0.682. The van der Waals surface area contributed by atoms with Gasteiger partial charge in [-0.2, -0.15) is 0 Å². The molecular weight excluding hydrogens is 272 g/mol. The maximum atomic E-state index is 13.1. The molecule has 0 N–H and O–H groups in total. The highest BCUT2D eigenvalue weighted by molar-refractivity contribution is 6.14. The second-order valence-corrected chi connectivity index (χ2v) is 5.73. The number of carbonyl (C=O) groups is 1. The van der Waals surface area contributed by atoms with Crippen molar-refractivity contribution in [2.45, 2.75) is 19.4 Å². The number of nitrogens with zero attached hydrogens (tertiary/aromatic N) is 2. The van der Waals surface area contributed by atoms with Gasteiger partial charge >= 0.3 is 0 Å². The molecule has 108 valence electrons. The van der Waals surface area contributed by atoms with Crippen molar-refractivity contribution in [3.63, 3.8) is 0 Å². The number of carbonyl (C=O) groups excluding carboxylic acids is 1. The Bertz CT molecular complexity index is 867. The second-order valence-electron chi connectivity index (χ2n) is 5.73. The number of aromatic nitrogens is 1. The Morgan fingerprint density at radius 1 is 1.09 bits per heavy atom. The van der Waals surface area contributed by atoms with Crippen LogP contribution in [0.3, 0.4) is 0 Å². The normalized spacial score (nSPS) is 16.8. The van der Waals surface area contributed by atoms with E-state index in [0.717, 1.165) is 23.0 Å². The van der Waals surface area contributed by atoms with Crippen molar-refractivity contribution in [3.8, 4) is 0 Å². The Labute approximate surface area is 129 Å². The first-order valence-corrected chi connectivity index (χ1v) is 7.51. The topological polar surface area (TPSA) is 33.2 Å². The summed E-state index contributed by atoms with van der Waals surface area (Å²) in [5.41, 5.74) is 3.84. The van der Waals surface area contributed by atoms with Crippen LogP contribution in [0, 0.1) is 0 Å². The zero-order chi connectivity index (χ0) is 15.1. The molecule has 3 aromatic rings. The highest BCUT2D eigenvalue weighted by Gasteiger charge is 2.31. The van der Waals surface area contributed by atoms with Gasteiger partial charge in [-0.1, -0.05) is 36.4 Å². The Kier molecular flexibility index (Phi) is 2.93. The van der Waals surface area contributed by atoms with Crippen molar-refractivity contribution < 1.29 is 4.79 Å². The summed E-state index contributed by atoms with van der Waals surface area (Å²) in [4.78, 5) is 19.4. The van der Waals surface area contributed by atoms with Crippen LogP contribution in [-0.2, 0) is 6.42 Å². The van der Waals surface area contributed by atoms with Gasteiger partial charge in [-0.05, 0) is 37.1 Å². The van der Waals surface area contributed by atoms with E-state index in [1.54, 1.807) is 6.20 Å². The molecule has 3 heteroatoms. The molecule has 1 aliphatic rings. The third-order valence-electron chi connectivity index (χ3n) is 4.31. The molecule has 0 saturated heterocycles. The average Bonchev–Trinajstić information content (AvgIpc) is 2.89. The van der Waals surface area contributed by atoms with Crippen LogP contribution in [-0.4, -0.2) is 16.9 Å². The number of benzene rings is 2. The molecule has 0 spiro atoms. The van der Waals surface area contributed by atoms with Crippen molar-refractivity contribution in [3.05, 3.63) is 71.9 Å². The zero-order valence-corrected chi connectivity index (χ0v) is 12.4. The number of hydrogen-bond acceptors (Lipinski definition) is 2. The SMILES string of the molecule is CC1Cc2ccccc2N1C(=O)c1ccnc2ccccc12. The lowest BCUT2D eigenvalue weighted by molar-refractivity contribution is 0.0983. The summed E-state index contributed by atoms with van der Waals surface area (Å²) in [7, 11) is 0. The van der Waals surface area contributed by atoms with Crippen LogP contribution in [0.15, 0.2) is 60.8 Å². The lowest BCUT2D eigenvalue weighted by Crippen LogP contribution is -2.35. The number of amides is 1. The minimum atomic E-state index is 0.0519. The fourth-order valence-electron chi connectivity index (χ4n) is 3.29. The molecule has 0 saturated carbocycles. The average molecular weight is 288 g/mol. The predicted octanol–water partition coefficient (Wildman–Crippen LogP) is 3.83. The fourth-order valence-corrected chi connectivity index (χ4v) is 3.29. The fraction of sp³-hybridized carbons (Fsp3) is 0.158. The minimum absolute atomic E-state index is 0.0519. The first kappa shape index (κ1) is 13.0. The van der Waals surface area contributed by atoms with Gasteiger partial charge in [0, 0.05) is 23.3 Å². The molecule has 1 atom stereocenters. The van der Waals surface area contributed by atoms with E-state index in [2.05, 4.69) is 18.0 Å². The summed E-state index contributed by atoms with van der Waals surface area (Å²) >= 11 is 0. The summed E-state index contributed by atoms with van der Waals surface area (Å²) in [5.74, 6) is 0.0519. The van der Waals surface area contributed by atoms with Gasteiger partial charge in [-0.15, -0.1) is 0 Å². The van der Waals surface area contributed by atoms with E-state index in [0.29, 0.717) is 5.56 Å². The summed E-state index contributed by atoms with van der Waals surface area (Å²) in [6, 6.07) is 17.9. The van der Waals surface area contributed by atoms with Crippen molar-refractivity contribution in [2.75, 3.05) is 4.90 Å². The largest absolute Gasteiger partial charge is 0.305 e. The van der Waals surface area contributed by atoms with E-state index in [4.69, 9.17) is 0 Å². The molecule has 1 aromatic heterocycles. The molecule has 1 amide bonds. The number of hydrogen-bond donors (Lipinski definition) is 0. The Morgan fingerprint density at radius 3 is 2.77 bits per heavy atom. The first-order valence-electron chi connectivity index (χ1n) is 7.51. The van der Waals surface area contributed by atoms with Crippen LogP contribution in [0.25, 0.3) is 10.9 Å². The van der Waals surface area contributed by atoms with Crippen LogP contribution in [0.1, 0.15) is 22.8 Å². The number of pyridine rings is 1. The highest BCUT2D eigenvalue weighted by atomic mass is 16.2. The molecule has 2 heterocycles. The third-order valence-corrected chi connectivity index (χ3v) is 4.31. The Hall–Kier alpha value is -2.68. The zero-order valence-electron chi connectivity index (χ0n) is 12.4. The Balaban J connectivity index is 1.85. The number of para-hydroxylation sites is 2.